The third kappa shape index (κ3) is 6.32. The molecule has 0 atom stereocenters. The first-order valence-electron chi connectivity index (χ1n) is 9.48. The summed E-state index contributed by atoms with van der Waals surface area (Å²) in [6, 6.07) is 10.7. The van der Waals surface area contributed by atoms with Gasteiger partial charge in [-0.2, -0.15) is 10.2 Å². The molecular weight excluding hydrogens is 546 g/mol. The van der Waals surface area contributed by atoms with Gasteiger partial charge in [0.2, 0.25) is 0 Å². The average Bonchev–Trinajstić information content (AvgIpc) is 3.32. The third-order valence-corrected chi connectivity index (χ3v) is 6.32. The van der Waals surface area contributed by atoms with Crippen LogP contribution in [0.3, 0.4) is 0 Å². The minimum absolute atomic E-state index is 0.320. The molecule has 4 rings (SSSR count). The zero-order valence-corrected chi connectivity index (χ0v) is 21.3. The fraction of sp³-hybridized carbons (Fsp3) is 0.0952. The van der Waals surface area contributed by atoms with Crippen LogP contribution in [0.25, 0.3) is 0 Å². The van der Waals surface area contributed by atoms with Gasteiger partial charge in [-0.1, -0.05) is 70.1 Å². The van der Waals surface area contributed by atoms with E-state index < -0.39 is 0 Å². The van der Waals surface area contributed by atoms with Gasteiger partial charge >= 0.3 is 0 Å². The summed E-state index contributed by atoms with van der Waals surface area (Å²) >= 11 is 35.9. The fourth-order valence-electron chi connectivity index (χ4n) is 3.00. The minimum atomic E-state index is 0.320. The molecule has 0 unspecified atom stereocenters. The average molecular weight is 561 g/mol. The molecule has 0 radical (unpaired) electrons. The van der Waals surface area contributed by atoms with E-state index in [4.69, 9.17) is 70.2 Å². The standard InChI is InChI=1S/C21H15Cl5N6S/c22-14-3-2-13(17(24)6-14)9-31-10-15(7-27-31)28-21(33)29-20-19(26)11-32(30-20)8-12-1-4-16(23)18(25)5-12/h1-7,10-11H,8-9H2,(H2,28,29,30,33). The van der Waals surface area contributed by atoms with Crippen LogP contribution < -0.4 is 10.6 Å². The summed E-state index contributed by atoms with van der Waals surface area (Å²) in [4.78, 5) is 0. The molecule has 0 aliphatic rings. The Labute approximate surface area is 220 Å². The van der Waals surface area contributed by atoms with E-state index in [1.165, 1.54) is 0 Å². The topological polar surface area (TPSA) is 59.7 Å². The van der Waals surface area contributed by atoms with Crippen LogP contribution in [0.15, 0.2) is 55.0 Å². The van der Waals surface area contributed by atoms with Crippen molar-refractivity contribution in [3.05, 3.63) is 91.2 Å². The first-order chi connectivity index (χ1) is 15.8. The zero-order valence-electron chi connectivity index (χ0n) is 16.7. The van der Waals surface area contributed by atoms with Gasteiger partial charge in [-0.05, 0) is 47.6 Å². The van der Waals surface area contributed by atoms with Gasteiger partial charge in [0.25, 0.3) is 0 Å². The van der Waals surface area contributed by atoms with Crippen LogP contribution in [0.4, 0.5) is 11.5 Å². The van der Waals surface area contributed by atoms with Crippen LogP contribution in [0.2, 0.25) is 25.1 Å². The number of hydrogen-bond acceptors (Lipinski definition) is 3. The summed E-state index contributed by atoms with van der Waals surface area (Å²) in [5.41, 5.74) is 2.53. The normalized spacial score (nSPS) is 10.9. The van der Waals surface area contributed by atoms with E-state index in [0.717, 1.165) is 11.1 Å². The molecule has 170 valence electrons. The Morgan fingerprint density at radius 2 is 1.64 bits per heavy atom. The lowest BCUT2D eigenvalue weighted by atomic mass is 10.2. The second kappa shape index (κ2) is 10.5. The smallest absolute Gasteiger partial charge is 0.176 e. The summed E-state index contributed by atoms with van der Waals surface area (Å²) in [5, 5.41) is 17.7. The van der Waals surface area contributed by atoms with Gasteiger partial charge in [0.05, 0.1) is 35.0 Å². The van der Waals surface area contributed by atoms with Gasteiger partial charge in [-0.25, -0.2) is 0 Å². The van der Waals surface area contributed by atoms with E-state index in [1.807, 2.05) is 18.3 Å². The predicted molar refractivity (Wildman–Crippen MR) is 140 cm³/mol. The second-order valence-corrected chi connectivity index (χ2v) is 9.49. The van der Waals surface area contributed by atoms with E-state index in [1.54, 1.807) is 46.0 Å². The number of anilines is 2. The Bertz CT molecular complexity index is 1320. The molecule has 0 aliphatic carbocycles. The Kier molecular flexibility index (Phi) is 7.69. The first-order valence-corrected chi connectivity index (χ1v) is 11.8. The van der Waals surface area contributed by atoms with E-state index in [9.17, 15) is 0 Å². The molecule has 0 amide bonds. The lowest BCUT2D eigenvalue weighted by Crippen LogP contribution is -2.19. The highest BCUT2D eigenvalue weighted by Gasteiger charge is 2.11. The molecule has 0 spiro atoms. The van der Waals surface area contributed by atoms with Crippen LogP contribution >= 0.6 is 70.2 Å². The highest BCUT2D eigenvalue weighted by molar-refractivity contribution is 7.80. The zero-order chi connectivity index (χ0) is 23.5. The Balaban J connectivity index is 1.36. The summed E-state index contributed by atoms with van der Waals surface area (Å²) < 4.78 is 3.42. The van der Waals surface area contributed by atoms with Gasteiger partial charge in [0.15, 0.2) is 10.9 Å². The number of halogens is 5. The molecule has 2 N–H and O–H groups in total. The van der Waals surface area contributed by atoms with Crippen molar-refractivity contribution in [3.63, 3.8) is 0 Å². The predicted octanol–water partition coefficient (Wildman–Crippen LogP) is 7.25. The van der Waals surface area contributed by atoms with Crippen LogP contribution in [0, 0.1) is 0 Å². The Hall–Kier alpha value is -2.00. The van der Waals surface area contributed by atoms with Crippen molar-refractivity contribution >= 4 is 86.8 Å². The molecule has 33 heavy (non-hydrogen) atoms. The second-order valence-electron chi connectivity index (χ2n) is 7.01. The summed E-state index contributed by atoms with van der Waals surface area (Å²) in [6.07, 6.45) is 5.16. The number of thiocarbonyl (C=S) groups is 1. The number of aromatic nitrogens is 4. The van der Waals surface area contributed by atoms with Gasteiger partial charge in [0, 0.05) is 22.4 Å². The maximum absolute atomic E-state index is 6.32. The lowest BCUT2D eigenvalue weighted by molar-refractivity contribution is 0.687. The molecule has 0 saturated heterocycles. The fourth-order valence-corrected chi connectivity index (χ4v) is 4.20. The maximum Gasteiger partial charge on any atom is 0.176 e. The number of hydrogen-bond donors (Lipinski definition) is 2. The van der Waals surface area contributed by atoms with Crippen LogP contribution in [-0.2, 0) is 13.1 Å². The largest absolute Gasteiger partial charge is 0.330 e. The molecule has 2 aromatic heterocycles. The van der Waals surface area contributed by atoms with E-state index in [-0.39, 0.29) is 0 Å². The molecule has 2 aromatic carbocycles. The van der Waals surface area contributed by atoms with Crippen molar-refractivity contribution < 1.29 is 0 Å². The highest BCUT2D eigenvalue weighted by Crippen LogP contribution is 2.25. The van der Waals surface area contributed by atoms with E-state index >= 15 is 0 Å². The van der Waals surface area contributed by atoms with Crippen molar-refractivity contribution in [2.75, 3.05) is 10.6 Å². The Morgan fingerprint density at radius 3 is 2.39 bits per heavy atom. The Morgan fingerprint density at radius 1 is 0.818 bits per heavy atom. The number of nitrogens with one attached hydrogen (secondary N) is 2. The van der Waals surface area contributed by atoms with Crippen LogP contribution in [0.1, 0.15) is 11.1 Å². The van der Waals surface area contributed by atoms with Gasteiger partial charge in [0.1, 0.15) is 5.02 Å². The van der Waals surface area contributed by atoms with Gasteiger partial charge in [-0.15, -0.1) is 0 Å². The minimum Gasteiger partial charge on any atom is -0.330 e. The van der Waals surface area contributed by atoms with Crippen molar-refractivity contribution in [2.45, 2.75) is 13.1 Å². The molecule has 4 aromatic rings. The summed E-state index contributed by atoms with van der Waals surface area (Å²) in [5.74, 6) is 0.426. The molecule has 12 heteroatoms. The SMILES string of the molecule is S=C(Nc1cnn(Cc2ccc(Cl)cc2Cl)c1)Nc1nn(Cc2ccc(Cl)c(Cl)c2)cc1Cl. The lowest BCUT2D eigenvalue weighted by Gasteiger charge is -2.07. The van der Waals surface area contributed by atoms with Gasteiger partial charge < -0.3 is 10.6 Å². The van der Waals surface area contributed by atoms with E-state index in [0.29, 0.717) is 54.8 Å². The summed E-state index contributed by atoms with van der Waals surface area (Å²) in [7, 11) is 0. The number of benzene rings is 2. The third-order valence-electron chi connectivity index (χ3n) is 4.52. The molecule has 0 aliphatic heterocycles. The van der Waals surface area contributed by atoms with Crippen molar-refractivity contribution in [1.29, 1.82) is 0 Å². The first kappa shape index (κ1) is 24.1. The quantitative estimate of drug-likeness (QED) is 0.243. The molecule has 6 nitrogen and oxygen atoms in total. The molecule has 0 saturated carbocycles. The van der Waals surface area contributed by atoms with Gasteiger partial charge in [-0.3, -0.25) is 9.36 Å². The van der Waals surface area contributed by atoms with Crippen LogP contribution in [-0.4, -0.2) is 24.7 Å². The van der Waals surface area contributed by atoms with Crippen molar-refractivity contribution in [2.24, 2.45) is 0 Å². The molecule has 0 fully saturated rings. The number of nitrogens with zero attached hydrogens (tertiary/aromatic N) is 4. The van der Waals surface area contributed by atoms with E-state index in [2.05, 4.69) is 20.8 Å². The molecular formula is C21H15Cl5N6S. The monoisotopic (exact) mass is 558 g/mol. The highest BCUT2D eigenvalue weighted by atomic mass is 35.5. The van der Waals surface area contributed by atoms with Crippen molar-refractivity contribution in [1.82, 2.24) is 19.6 Å². The van der Waals surface area contributed by atoms with Crippen molar-refractivity contribution in [3.8, 4) is 0 Å². The molecule has 0 bridgehead atoms. The summed E-state index contributed by atoms with van der Waals surface area (Å²) in [6.45, 7) is 0.960. The maximum atomic E-state index is 6.32. The van der Waals surface area contributed by atoms with Crippen LogP contribution in [0.5, 0.6) is 0 Å². The number of rotatable bonds is 6. The molecule has 2 heterocycles.